The van der Waals surface area contributed by atoms with E-state index < -0.39 is 0 Å². The van der Waals surface area contributed by atoms with E-state index >= 15 is 0 Å². The first-order chi connectivity index (χ1) is 13.7. The third-order valence-electron chi connectivity index (χ3n) is 4.20. The SMILES string of the molecule is CCNC(=NCc1ccc(COCC)cc1)NCc1ccc(OC)cc1OC.I. The second-order valence-corrected chi connectivity index (χ2v) is 6.18. The summed E-state index contributed by atoms with van der Waals surface area (Å²) in [4.78, 5) is 4.68. The maximum atomic E-state index is 5.46. The first kappa shape index (κ1) is 25.0. The highest BCUT2D eigenvalue weighted by Crippen LogP contribution is 2.24. The van der Waals surface area contributed by atoms with Crippen LogP contribution in [0.5, 0.6) is 11.5 Å². The van der Waals surface area contributed by atoms with Crippen molar-refractivity contribution < 1.29 is 14.2 Å². The van der Waals surface area contributed by atoms with E-state index in [0.29, 0.717) is 19.7 Å². The molecule has 160 valence electrons. The summed E-state index contributed by atoms with van der Waals surface area (Å²) in [6.45, 7) is 7.42. The molecule has 2 aromatic rings. The number of hydrogen-bond acceptors (Lipinski definition) is 4. The fraction of sp³-hybridized carbons (Fsp3) is 0.409. The van der Waals surface area contributed by atoms with Gasteiger partial charge in [-0.05, 0) is 37.1 Å². The Morgan fingerprint density at radius 1 is 0.931 bits per heavy atom. The average Bonchev–Trinajstić information content (AvgIpc) is 2.74. The highest BCUT2D eigenvalue weighted by Gasteiger charge is 2.06. The maximum Gasteiger partial charge on any atom is 0.191 e. The van der Waals surface area contributed by atoms with Crippen LogP contribution in [-0.2, 0) is 24.4 Å². The number of rotatable bonds is 10. The van der Waals surface area contributed by atoms with Crippen molar-refractivity contribution in [3.8, 4) is 11.5 Å². The van der Waals surface area contributed by atoms with Crippen molar-refractivity contribution in [1.29, 1.82) is 0 Å². The first-order valence-corrected chi connectivity index (χ1v) is 9.58. The van der Waals surface area contributed by atoms with Gasteiger partial charge in [-0.15, -0.1) is 24.0 Å². The van der Waals surface area contributed by atoms with Crippen LogP contribution in [-0.4, -0.2) is 33.3 Å². The standard InChI is InChI=1S/C22H31N3O3.HI/c1-5-23-22(24-14-17-7-9-18(10-8-17)16-28-6-2)25-15-19-11-12-20(26-3)13-21(19)27-4;/h7-13H,5-6,14-16H2,1-4H3,(H2,23,24,25);1H. The van der Waals surface area contributed by atoms with E-state index in [0.717, 1.165) is 41.7 Å². The molecule has 0 aliphatic carbocycles. The van der Waals surface area contributed by atoms with Gasteiger partial charge in [0.15, 0.2) is 5.96 Å². The van der Waals surface area contributed by atoms with Gasteiger partial charge in [-0.3, -0.25) is 0 Å². The number of hydrogen-bond donors (Lipinski definition) is 2. The monoisotopic (exact) mass is 513 g/mol. The lowest BCUT2D eigenvalue weighted by Crippen LogP contribution is -2.36. The lowest BCUT2D eigenvalue weighted by atomic mass is 10.1. The van der Waals surface area contributed by atoms with E-state index in [9.17, 15) is 0 Å². The largest absolute Gasteiger partial charge is 0.497 e. The van der Waals surface area contributed by atoms with Gasteiger partial charge in [0.05, 0.1) is 27.4 Å². The number of methoxy groups -OCH3 is 2. The fourth-order valence-electron chi connectivity index (χ4n) is 2.65. The predicted molar refractivity (Wildman–Crippen MR) is 128 cm³/mol. The Hall–Kier alpha value is -2.00. The molecule has 0 radical (unpaired) electrons. The fourth-order valence-corrected chi connectivity index (χ4v) is 2.65. The molecule has 2 rings (SSSR count). The van der Waals surface area contributed by atoms with Gasteiger partial charge in [0.2, 0.25) is 0 Å². The minimum Gasteiger partial charge on any atom is -0.497 e. The molecule has 0 aromatic heterocycles. The highest BCUT2D eigenvalue weighted by atomic mass is 127. The lowest BCUT2D eigenvalue weighted by molar-refractivity contribution is 0.134. The second kappa shape index (κ2) is 14.1. The molecular weight excluding hydrogens is 481 g/mol. The molecule has 6 nitrogen and oxygen atoms in total. The molecule has 0 saturated heterocycles. The molecule has 0 heterocycles. The number of ether oxygens (including phenoxy) is 3. The Balaban J connectivity index is 0.00000420. The van der Waals surface area contributed by atoms with Crippen molar-refractivity contribution >= 4 is 29.9 Å². The smallest absolute Gasteiger partial charge is 0.191 e. The van der Waals surface area contributed by atoms with Crippen LogP contribution in [0, 0.1) is 0 Å². The Morgan fingerprint density at radius 3 is 2.28 bits per heavy atom. The van der Waals surface area contributed by atoms with Crippen LogP contribution in [0.25, 0.3) is 0 Å². The summed E-state index contributed by atoms with van der Waals surface area (Å²) < 4.78 is 16.1. The van der Waals surface area contributed by atoms with Crippen LogP contribution in [0.15, 0.2) is 47.5 Å². The van der Waals surface area contributed by atoms with E-state index in [1.54, 1.807) is 14.2 Å². The summed E-state index contributed by atoms with van der Waals surface area (Å²) in [6, 6.07) is 14.2. The van der Waals surface area contributed by atoms with Gasteiger partial charge in [-0.2, -0.15) is 0 Å². The molecular formula is C22H32IN3O3. The summed E-state index contributed by atoms with van der Waals surface area (Å²) >= 11 is 0. The predicted octanol–water partition coefficient (Wildman–Crippen LogP) is 4.11. The normalized spacial score (nSPS) is 10.8. The van der Waals surface area contributed by atoms with Crippen LogP contribution in [0.4, 0.5) is 0 Å². The third kappa shape index (κ3) is 8.49. The van der Waals surface area contributed by atoms with Gasteiger partial charge in [-0.25, -0.2) is 4.99 Å². The molecule has 7 heteroatoms. The molecule has 0 bridgehead atoms. The molecule has 0 spiro atoms. The van der Waals surface area contributed by atoms with Gasteiger partial charge in [0.1, 0.15) is 11.5 Å². The third-order valence-corrected chi connectivity index (χ3v) is 4.20. The summed E-state index contributed by atoms with van der Waals surface area (Å²) in [5.41, 5.74) is 3.36. The quantitative estimate of drug-likeness (QED) is 0.285. The molecule has 0 amide bonds. The van der Waals surface area contributed by atoms with Crippen molar-refractivity contribution in [3.63, 3.8) is 0 Å². The molecule has 0 saturated carbocycles. The molecule has 2 aromatic carbocycles. The second-order valence-electron chi connectivity index (χ2n) is 6.18. The lowest BCUT2D eigenvalue weighted by Gasteiger charge is -2.14. The molecule has 0 aliphatic rings. The first-order valence-electron chi connectivity index (χ1n) is 9.58. The minimum absolute atomic E-state index is 0. The van der Waals surface area contributed by atoms with Crippen LogP contribution in [0.3, 0.4) is 0 Å². The highest BCUT2D eigenvalue weighted by molar-refractivity contribution is 14.0. The van der Waals surface area contributed by atoms with Crippen LogP contribution < -0.4 is 20.1 Å². The number of benzene rings is 2. The van der Waals surface area contributed by atoms with Gasteiger partial charge in [0, 0.05) is 31.3 Å². The van der Waals surface area contributed by atoms with E-state index in [4.69, 9.17) is 14.2 Å². The number of guanidine groups is 1. The summed E-state index contributed by atoms with van der Waals surface area (Å²) in [5, 5.41) is 6.63. The molecule has 0 aliphatic heterocycles. The molecule has 29 heavy (non-hydrogen) atoms. The Morgan fingerprint density at radius 2 is 1.66 bits per heavy atom. The van der Waals surface area contributed by atoms with Crippen molar-refractivity contribution in [3.05, 3.63) is 59.2 Å². The molecule has 0 unspecified atom stereocenters. The minimum atomic E-state index is 0. The van der Waals surface area contributed by atoms with Crippen molar-refractivity contribution in [2.75, 3.05) is 27.4 Å². The Labute approximate surface area is 191 Å². The molecule has 0 atom stereocenters. The summed E-state index contributed by atoms with van der Waals surface area (Å²) in [6.07, 6.45) is 0. The molecule has 0 fully saturated rings. The maximum absolute atomic E-state index is 5.46. The zero-order chi connectivity index (χ0) is 20.2. The number of halogens is 1. The van der Waals surface area contributed by atoms with Gasteiger partial charge in [-0.1, -0.05) is 24.3 Å². The van der Waals surface area contributed by atoms with Gasteiger partial charge >= 0.3 is 0 Å². The zero-order valence-electron chi connectivity index (χ0n) is 17.7. The van der Waals surface area contributed by atoms with Crippen LogP contribution in [0.1, 0.15) is 30.5 Å². The van der Waals surface area contributed by atoms with E-state index in [-0.39, 0.29) is 24.0 Å². The number of nitrogens with zero attached hydrogens (tertiary/aromatic N) is 1. The van der Waals surface area contributed by atoms with Crippen LogP contribution >= 0.6 is 24.0 Å². The van der Waals surface area contributed by atoms with Crippen LogP contribution in [0.2, 0.25) is 0 Å². The van der Waals surface area contributed by atoms with E-state index in [1.807, 2.05) is 32.0 Å². The topological polar surface area (TPSA) is 64.1 Å². The van der Waals surface area contributed by atoms with Crippen molar-refractivity contribution in [2.45, 2.75) is 33.5 Å². The average molecular weight is 513 g/mol. The Bertz CT molecular complexity index is 751. The van der Waals surface area contributed by atoms with Crippen molar-refractivity contribution in [1.82, 2.24) is 10.6 Å². The van der Waals surface area contributed by atoms with E-state index in [2.05, 4.69) is 39.9 Å². The van der Waals surface area contributed by atoms with E-state index in [1.165, 1.54) is 5.56 Å². The van der Waals surface area contributed by atoms with Gasteiger partial charge in [0.25, 0.3) is 0 Å². The van der Waals surface area contributed by atoms with Crippen molar-refractivity contribution in [2.24, 2.45) is 4.99 Å². The molecule has 2 N–H and O–H groups in total. The number of nitrogens with one attached hydrogen (secondary N) is 2. The number of aliphatic imine (C=N–C) groups is 1. The zero-order valence-corrected chi connectivity index (χ0v) is 20.0. The summed E-state index contributed by atoms with van der Waals surface area (Å²) in [7, 11) is 3.30. The van der Waals surface area contributed by atoms with Gasteiger partial charge < -0.3 is 24.8 Å². The Kier molecular flexibility index (Phi) is 12.1. The summed E-state index contributed by atoms with van der Waals surface area (Å²) in [5.74, 6) is 2.32.